The molecule has 0 aliphatic carbocycles. The molecule has 2 rings (SSSR count). The molecule has 0 radical (unpaired) electrons. The number of anilines is 1. The van der Waals surface area contributed by atoms with Crippen LogP contribution in [0.1, 0.15) is 19.2 Å². The number of aromatic nitrogens is 4. The molecule has 1 N–H and O–H groups in total. The van der Waals surface area contributed by atoms with Crippen molar-refractivity contribution in [2.75, 3.05) is 10.5 Å². The van der Waals surface area contributed by atoms with Crippen LogP contribution in [0, 0.1) is 6.92 Å². The Labute approximate surface area is 111 Å². The highest BCUT2D eigenvalue weighted by atomic mass is 32.2. The Bertz CT molecular complexity index is 665. The molecule has 7 nitrogen and oxygen atoms in total. The summed E-state index contributed by atoms with van der Waals surface area (Å²) in [7, 11) is -3.29. The Morgan fingerprint density at radius 3 is 2.79 bits per heavy atom. The molecule has 0 saturated carbocycles. The highest BCUT2D eigenvalue weighted by Gasteiger charge is 2.10. The molecule has 0 bridgehead atoms. The third-order valence-electron chi connectivity index (χ3n) is 2.46. The van der Waals surface area contributed by atoms with Gasteiger partial charge in [-0.05, 0) is 42.0 Å². The van der Waals surface area contributed by atoms with Crippen molar-refractivity contribution in [2.45, 2.75) is 20.3 Å². The van der Waals surface area contributed by atoms with E-state index in [4.69, 9.17) is 0 Å². The first-order chi connectivity index (χ1) is 9.02. The van der Waals surface area contributed by atoms with Crippen molar-refractivity contribution >= 4 is 15.7 Å². The Morgan fingerprint density at radius 1 is 1.37 bits per heavy atom. The minimum atomic E-state index is -3.29. The highest BCUT2D eigenvalue weighted by Crippen LogP contribution is 2.16. The molecule has 0 spiro atoms. The van der Waals surface area contributed by atoms with E-state index in [1.165, 1.54) is 4.68 Å². The maximum Gasteiger partial charge on any atom is 0.232 e. The van der Waals surface area contributed by atoms with Gasteiger partial charge >= 0.3 is 0 Å². The number of hydrogen-bond acceptors (Lipinski definition) is 5. The summed E-state index contributed by atoms with van der Waals surface area (Å²) in [4.78, 5) is 0. The van der Waals surface area contributed by atoms with Crippen molar-refractivity contribution in [2.24, 2.45) is 0 Å². The van der Waals surface area contributed by atoms with Crippen LogP contribution in [0.15, 0.2) is 24.3 Å². The van der Waals surface area contributed by atoms with Crippen molar-refractivity contribution in [3.8, 4) is 5.69 Å². The predicted molar refractivity (Wildman–Crippen MR) is 71.6 cm³/mol. The summed E-state index contributed by atoms with van der Waals surface area (Å²) in [5.74, 6) is 0.731. The van der Waals surface area contributed by atoms with Crippen LogP contribution in [-0.2, 0) is 10.0 Å². The number of nitrogens with one attached hydrogen (secondary N) is 1. The number of rotatable bonds is 5. The molecular weight excluding hydrogens is 266 g/mol. The predicted octanol–water partition coefficient (Wildman–Crippen LogP) is 1.12. The Morgan fingerprint density at radius 2 is 2.16 bits per heavy atom. The molecular formula is C11H15N5O2S. The van der Waals surface area contributed by atoms with E-state index in [-0.39, 0.29) is 5.75 Å². The Balaban J connectivity index is 2.28. The van der Waals surface area contributed by atoms with Crippen LogP contribution in [0.25, 0.3) is 5.69 Å². The second-order valence-corrected chi connectivity index (χ2v) is 5.95. The molecule has 2 aromatic rings. The number of hydrogen-bond donors (Lipinski definition) is 1. The average Bonchev–Trinajstić information content (AvgIpc) is 2.75. The smallest absolute Gasteiger partial charge is 0.232 e. The fourth-order valence-electron chi connectivity index (χ4n) is 1.67. The molecule has 1 aromatic carbocycles. The monoisotopic (exact) mass is 281 g/mol. The molecule has 0 aliphatic heterocycles. The number of nitrogens with zero attached hydrogens (tertiary/aromatic N) is 4. The minimum absolute atomic E-state index is 0.0983. The Kier molecular flexibility index (Phi) is 3.79. The third kappa shape index (κ3) is 3.28. The number of tetrazole rings is 1. The number of aryl methyl sites for hydroxylation is 1. The van der Waals surface area contributed by atoms with E-state index in [0.29, 0.717) is 23.6 Å². The lowest BCUT2D eigenvalue weighted by Gasteiger charge is -2.08. The summed E-state index contributed by atoms with van der Waals surface area (Å²) < 4.78 is 27.5. The fraction of sp³-hybridized carbons (Fsp3) is 0.364. The van der Waals surface area contributed by atoms with E-state index in [9.17, 15) is 8.42 Å². The molecule has 0 unspecified atom stereocenters. The number of sulfonamides is 1. The average molecular weight is 281 g/mol. The van der Waals surface area contributed by atoms with Gasteiger partial charge in [0.2, 0.25) is 10.0 Å². The summed E-state index contributed by atoms with van der Waals surface area (Å²) in [6, 6.07) is 6.94. The van der Waals surface area contributed by atoms with Crippen LogP contribution in [0.4, 0.5) is 5.69 Å². The molecule has 102 valence electrons. The molecule has 0 amide bonds. The van der Waals surface area contributed by atoms with Crippen molar-refractivity contribution in [1.82, 2.24) is 20.2 Å². The fourth-order valence-corrected chi connectivity index (χ4v) is 2.80. The lowest BCUT2D eigenvalue weighted by Crippen LogP contribution is -2.16. The van der Waals surface area contributed by atoms with E-state index in [1.54, 1.807) is 31.2 Å². The zero-order valence-corrected chi connectivity index (χ0v) is 11.6. The topological polar surface area (TPSA) is 89.8 Å². The van der Waals surface area contributed by atoms with Gasteiger partial charge in [-0.25, -0.2) is 8.42 Å². The molecule has 19 heavy (non-hydrogen) atoms. The minimum Gasteiger partial charge on any atom is -0.283 e. The van der Waals surface area contributed by atoms with Crippen LogP contribution >= 0.6 is 0 Å². The molecule has 0 aliphatic rings. The molecule has 0 atom stereocenters. The van der Waals surface area contributed by atoms with Gasteiger partial charge in [-0.1, -0.05) is 13.0 Å². The van der Waals surface area contributed by atoms with Gasteiger partial charge in [0.25, 0.3) is 0 Å². The normalized spacial score (nSPS) is 11.5. The first-order valence-electron chi connectivity index (χ1n) is 5.88. The standard InChI is InChI=1S/C11H15N5O2S/c1-3-7-19(17,18)13-10-5-4-6-11(8-10)16-9(2)12-14-15-16/h4-6,8,13H,3,7H2,1-2H3. The molecule has 1 heterocycles. The summed E-state index contributed by atoms with van der Waals surface area (Å²) in [5.41, 5.74) is 1.21. The molecule has 1 aromatic heterocycles. The van der Waals surface area contributed by atoms with Gasteiger partial charge in [-0.15, -0.1) is 5.10 Å². The summed E-state index contributed by atoms with van der Waals surface area (Å²) in [5, 5.41) is 11.2. The van der Waals surface area contributed by atoms with Gasteiger partial charge < -0.3 is 0 Å². The van der Waals surface area contributed by atoms with Gasteiger partial charge in [-0.3, -0.25) is 4.72 Å². The van der Waals surface area contributed by atoms with E-state index < -0.39 is 10.0 Å². The van der Waals surface area contributed by atoms with E-state index >= 15 is 0 Å². The first-order valence-corrected chi connectivity index (χ1v) is 7.53. The maximum absolute atomic E-state index is 11.7. The SMILES string of the molecule is CCCS(=O)(=O)Nc1cccc(-n2nnnc2C)c1. The van der Waals surface area contributed by atoms with Crippen molar-refractivity contribution < 1.29 is 8.42 Å². The van der Waals surface area contributed by atoms with Crippen LogP contribution in [0.5, 0.6) is 0 Å². The summed E-state index contributed by atoms with van der Waals surface area (Å²) >= 11 is 0. The maximum atomic E-state index is 11.7. The van der Waals surface area contributed by atoms with E-state index in [1.807, 2.05) is 6.92 Å². The van der Waals surface area contributed by atoms with Gasteiger partial charge in [-0.2, -0.15) is 4.68 Å². The van der Waals surface area contributed by atoms with E-state index in [2.05, 4.69) is 20.2 Å². The molecule has 8 heteroatoms. The second kappa shape index (κ2) is 5.35. The molecule has 0 fully saturated rings. The second-order valence-electron chi connectivity index (χ2n) is 4.11. The third-order valence-corrected chi connectivity index (χ3v) is 3.95. The van der Waals surface area contributed by atoms with E-state index in [0.717, 1.165) is 0 Å². The van der Waals surface area contributed by atoms with Crippen LogP contribution < -0.4 is 4.72 Å². The van der Waals surface area contributed by atoms with Crippen molar-refractivity contribution in [1.29, 1.82) is 0 Å². The lowest BCUT2D eigenvalue weighted by atomic mass is 10.3. The van der Waals surface area contributed by atoms with Gasteiger partial charge in [0.05, 0.1) is 17.1 Å². The van der Waals surface area contributed by atoms with Crippen LogP contribution in [-0.4, -0.2) is 34.4 Å². The zero-order chi connectivity index (χ0) is 13.9. The van der Waals surface area contributed by atoms with Gasteiger partial charge in [0, 0.05) is 0 Å². The lowest BCUT2D eigenvalue weighted by molar-refractivity contribution is 0.600. The molecule has 0 saturated heterocycles. The quantitative estimate of drug-likeness (QED) is 0.887. The Hall–Kier alpha value is -1.96. The number of benzene rings is 1. The van der Waals surface area contributed by atoms with Crippen molar-refractivity contribution in [3.63, 3.8) is 0 Å². The largest absolute Gasteiger partial charge is 0.283 e. The van der Waals surface area contributed by atoms with Crippen LogP contribution in [0.2, 0.25) is 0 Å². The van der Waals surface area contributed by atoms with Crippen molar-refractivity contribution in [3.05, 3.63) is 30.1 Å². The first kappa shape index (κ1) is 13.5. The van der Waals surface area contributed by atoms with Gasteiger partial charge in [0.1, 0.15) is 0 Å². The summed E-state index contributed by atoms with van der Waals surface area (Å²) in [6.07, 6.45) is 0.571. The van der Waals surface area contributed by atoms with Crippen LogP contribution in [0.3, 0.4) is 0 Å². The van der Waals surface area contributed by atoms with Gasteiger partial charge in [0.15, 0.2) is 5.82 Å². The summed E-state index contributed by atoms with van der Waals surface area (Å²) in [6.45, 7) is 3.59. The zero-order valence-electron chi connectivity index (χ0n) is 10.7. The highest BCUT2D eigenvalue weighted by molar-refractivity contribution is 7.92.